The molecular formula is C16H19Cl2N2+. The Morgan fingerprint density at radius 1 is 0.800 bits per heavy atom. The van der Waals surface area contributed by atoms with Crippen molar-refractivity contribution in [3.8, 4) is 0 Å². The molecule has 0 aliphatic rings. The first-order chi connectivity index (χ1) is 9.44. The van der Waals surface area contributed by atoms with Gasteiger partial charge >= 0.3 is 0 Å². The van der Waals surface area contributed by atoms with Crippen molar-refractivity contribution in [2.75, 3.05) is 14.1 Å². The van der Waals surface area contributed by atoms with Crippen LogP contribution in [0.4, 0.5) is 0 Å². The lowest BCUT2D eigenvalue weighted by atomic mass is 10.2. The van der Waals surface area contributed by atoms with Crippen LogP contribution in [-0.2, 0) is 13.1 Å². The summed E-state index contributed by atoms with van der Waals surface area (Å²) >= 11 is 11.8. The van der Waals surface area contributed by atoms with Gasteiger partial charge in [-0.25, -0.2) is 4.59 Å². The highest BCUT2D eigenvalue weighted by Gasteiger charge is 2.15. The van der Waals surface area contributed by atoms with E-state index in [4.69, 9.17) is 23.2 Å². The standard InChI is InChI=1S/C16H19Cl2N2/c1-20(2,12-14-5-9-16(18)10-6-14)19-11-13-3-7-15(17)8-4-13/h3-10,19H,11-12H2,1-2H3/q+1. The second-order valence-corrected chi connectivity index (χ2v) is 6.30. The molecule has 1 N–H and O–H groups in total. The van der Waals surface area contributed by atoms with Gasteiger partial charge < -0.3 is 0 Å². The summed E-state index contributed by atoms with van der Waals surface area (Å²) < 4.78 is 0.699. The molecule has 0 amide bonds. The van der Waals surface area contributed by atoms with Crippen molar-refractivity contribution in [1.82, 2.24) is 5.43 Å². The number of hydrogen-bond donors (Lipinski definition) is 1. The molecule has 2 aromatic rings. The van der Waals surface area contributed by atoms with E-state index in [1.165, 1.54) is 11.1 Å². The predicted molar refractivity (Wildman–Crippen MR) is 85.6 cm³/mol. The van der Waals surface area contributed by atoms with E-state index in [-0.39, 0.29) is 0 Å². The van der Waals surface area contributed by atoms with Crippen LogP contribution in [-0.4, -0.2) is 18.7 Å². The van der Waals surface area contributed by atoms with Gasteiger partial charge in [-0.3, -0.25) is 0 Å². The lowest BCUT2D eigenvalue weighted by Crippen LogP contribution is -2.50. The van der Waals surface area contributed by atoms with Gasteiger partial charge in [0.1, 0.15) is 6.54 Å². The molecule has 2 nitrogen and oxygen atoms in total. The monoisotopic (exact) mass is 309 g/mol. The minimum absolute atomic E-state index is 0.699. The fourth-order valence-corrected chi connectivity index (χ4v) is 2.26. The molecule has 20 heavy (non-hydrogen) atoms. The fraction of sp³-hybridized carbons (Fsp3) is 0.250. The Bertz CT molecular complexity index is 548. The Hall–Kier alpha value is -1.06. The summed E-state index contributed by atoms with van der Waals surface area (Å²) in [5, 5.41) is 1.54. The predicted octanol–water partition coefficient (Wildman–Crippen LogP) is 4.27. The highest BCUT2D eigenvalue weighted by atomic mass is 35.5. The highest BCUT2D eigenvalue weighted by molar-refractivity contribution is 6.30. The zero-order valence-electron chi connectivity index (χ0n) is 11.7. The van der Waals surface area contributed by atoms with Crippen molar-refractivity contribution < 1.29 is 4.59 Å². The zero-order chi connectivity index (χ0) is 14.6. The molecule has 0 aliphatic carbocycles. The van der Waals surface area contributed by atoms with Crippen molar-refractivity contribution in [2.45, 2.75) is 13.1 Å². The lowest BCUT2D eigenvalue weighted by Gasteiger charge is -2.29. The Labute approximate surface area is 130 Å². The first-order valence-corrected chi connectivity index (χ1v) is 7.27. The topological polar surface area (TPSA) is 12.0 Å². The molecule has 0 fully saturated rings. The van der Waals surface area contributed by atoms with Gasteiger partial charge in [-0.05, 0) is 29.8 Å². The van der Waals surface area contributed by atoms with Crippen LogP contribution in [0.2, 0.25) is 10.0 Å². The summed E-state index contributed by atoms with van der Waals surface area (Å²) in [4.78, 5) is 0. The van der Waals surface area contributed by atoms with Crippen LogP contribution in [0.15, 0.2) is 48.5 Å². The average molecular weight is 310 g/mol. The van der Waals surface area contributed by atoms with Crippen LogP contribution >= 0.6 is 23.2 Å². The van der Waals surface area contributed by atoms with E-state index < -0.39 is 0 Å². The average Bonchev–Trinajstić information content (AvgIpc) is 2.41. The van der Waals surface area contributed by atoms with E-state index in [0.717, 1.165) is 23.1 Å². The van der Waals surface area contributed by atoms with E-state index >= 15 is 0 Å². The van der Waals surface area contributed by atoms with Crippen LogP contribution in [0.5, 0.6) is 0 Å². The van der Waals surface area contributed by atoms with Crippen molar-refractivity contribution >= 4 is 23.2 Å². The van der Waals surface area contributed by atoms with E-state index in [0.29, 0.717) is 4.59 Å². The Morgan fingerprint density at radius 3 is 1.75 bits per heavy atom. The minimum atomic E-state index is 0.699. The van der Waals surface area contributed by atoms with Gasteiger partial charge in [-0.2, -0.15) is 5.43 Å². The molecule has 0 heterocycles. The van der Waals surface area contributed by atoms with Gasteiger partial charge in [0.05, 0.1) is 20.6 Å². The molecular weight excluding hydrogens is 291 g/mol. The van der Waals surface area contributed by atoms with Crippen molar-refractivity contribution in [2.24, 2.45) is 0 Å². The van der Waals surface area contributed by atoms with Crippen molar-refractivity contribution in [3.63, 3.8) is 0 Å². The molecule has 4 heteroatoms. The number of quaternary nitrogens is 1. The van der Waals surface area contributed by atoms with Gasteiger partial charge in [0.15, 0.2) is 0 Å². The quantitative estimate of drug-likeness (QED) is 0.642. The molecule has 0 saturated carbocycles. The second-order valence-electron chi connectivity index (χ2n) is 5.43. The van der Waals surface area contributed by atoms with Gasteiger partial charge in [-0.1, -0.05) is 47.5 Å². The summed E-state index contributed by atoms with van der Waals surface area (Å²) in [6.45, 7) is 1.70. The minimum Gasteiger partial charge on any atom is -0.247 e. The summed E-state index contributed by atoms with van der Waals surface area (Å²) in [6, 6.07) is 15.9. The molecule has 0 aromatic heterocycles. The maximum atomic E-state index is 5.91. The highest BCUT2D eigenvalue weighted by Crippen LogP contribution is 2.13. The van der Waals surface area contributed by atoms with Crippen LogP contribution < -0.4 is 5.43 Å². The van der Waals surface area contributed by atoms with E-state index in [1.807, 2.05) is 36.4 Å². The third kappa shape index (κ3) is 4.80. The molecule has 0 atom stereocenters. The Morgan fingerprint density at radius 2 is 1.25 bits per heavy atom. The fourth-order valence-electron chi connectivity index (χ4n) is 2.01. The van der Waals surface area contributed by atoms with Crippen molar-refractivity contribution in [1.29, 1.82) is 0 Å². The number of nitrogens with zero attached hydrogens (tertiary/aromatic N) is 1. The van der Waals surface area contributed by atoms with Crippen LogP contribution in [0.25, 0.3) is 0 Å². The second kappa shape index (κ2) is 6.59. The normalized spacial score (nSPS) is 11.6. The lowest BCUT2D eigenvalue weighted by molar-refractivity contribution is -0.948. The molecule has 2 rings (SSSR count). The summed E-state index contributed by atoms with van der Waals surface area (Å²) in [5.41, 5.74) is 5.99. The van der Waals surface area contributed by atoms with Gasteiger partial charge in [0.25, 0.3) is 0 Å². The summed E-state index contributed by atoms with van der Waals surface area (Å²) in [5.74, 6) is 0. The summed E-state index contributed by atoms with van der Waals surface area (Å²) in [7, 11) is 4.29. The first-order valence-electron chi connectivity index (χ1n) is 6.52. The maximum absolute atomic E-state index is 5.91. The van der Waals surface area contributed by atoms with Crippen LogP contribution in [0, 0.1) is 0 Å². The van der Waals surface area contributed by atoms with Crippen LogP contribution in [0.1, 0.15) is 11.1 Å². The number of rotatable bonds is 5. The van der Waals surface area contributed by atoms with Gasteiger partial charge in [0.2, 0.25) is 0 Å². The molecule has 106 valence electrons. The SMILES string of the molecule is C[N+](C)(Cc1ccc(Cl)cc1)NCc1ccc(Cl)cc1. The number of halogens is 2. The van der Waals surface area contributed by atoms with Gasteiger partial charge in [-0.15, -0.1) is 0 Å². The number of benzene rings is 2. The zero-order valence-corrected chi connectivity index (χ0v) is 13.2. The van der Waals surface area contributed by atoms with Gasteiger partial charge in [0, 0.05) is 15.6 Å². The van der Waals surface area contributed by atoms with E-state index in [1.54, 1.807) is 0 Å². The van der Waals surface area contributed by atoms with E-state index in [2.05, 4.69) is 31.7 Å². The molecule has 0 saturated heterocycles. The maximum Gasteiger partial charge on any atom is 0.121 e. The molecule has 0 radical (unpaired) electrons. The Kier molecular flexibility index (Phi) is 5.06. The molecule has 0 spiro atoms. The van der Waals surface area contributed by atoms with Crippen molar-refractivity contribution in [3.05, 3.63) is 69.7 Å². The van der Waals surface area contributed by atoms with Crippen LogP contribution in [0.3, 0.4) is 0 Å². The molecule has 0 unspecified atom stereocenters. The number of nitrogens with one attached hydrogen (secondary N) is 1. The summed E-state index contributed by atoms with van der Waals surface area (Å²) in [6.07, 6.45) is 0. The third-order valence-corrected chi connectivity index (χ3v) is 3.62. The largest absolute Gasteiger partial charge is 0.247 e. The molecule has 2 aromatic carbocycles. The Balaban J connectivity index is 1.93. The first kappa shape index (κ1) is 15.3. The smallest absolute Gasteiger partial charge is 0.121 e. The van der Waals surface area contributed by atoms with E-state index in [9.17, 15) is 0 Å². The molecule has 0 aliphatic heterocycles. The third-order valence-electron chi connectivity index (χ3n) is 3.12. The molecule has 0 bridgehead atoms. The number of hydrogen-bond acceptors (Lipinski definition) is 1.